The van der Waals surface area contributed by atoms with Gasteiger partial charge in [-0.25, -0.2) is 0 Å². The lowest BCUT2D eigenvalue weighted by atomic mass is 10.0. The Balaban J connectivity index is 1.81. The molecule has 0 radical (unpaired) electrons. The molecule has 2 aromatic carbocycles. The molecule has 0 fully saturated rings. The SMILES string of the molecule is Cc1cc(C(=O)NC(CCC(=O)O)Cc2ccccc2)c2[nH]ncc2c1. The second-order valence-corrected chi connectivity index (χ2v) is 6.44. The van der Waals surface area contributed by atoms with Crippen LogP contribution in [0.5, 0.6) is 0 Å². The summed E-state index contributed by atoms with van der Waals surface area (Å²) in [6, 6.07) is 13.2. The lowest BCUT2D eigenvalue weighted by Crippen LogP contribution is -2.37. The fourth-order valence-electron chi connectivity index (χ4n) is 3.07. The Morgan fingerprint density at radius 2 is 2.00 bits per heavy atom. The number of H-pyrrole nitrogens is 1. The number of benzene rings is 2. The third-order valence-corrected chi connectivity index (χ3v) is 4.30. The van der Waals surface area contributed by atoms with E-state index in [0.29, 0.717) is 23.9 Å². The van der Waals surface area contributed by atoms with E-state index in [1.807, 2.05) is 49.4 Å². The molecule has 3 rings (SSSR count). The standard InChI is InChI=1S/C20H21N3O3/c1-13-9-15-12-21-23-19(15)17(10-13)20(26)22-16(7-8-18(24)25)11-14-5-3-2-4-6-14/h2-6,9-10,12,16H,7-8,11H2,1H3,(H,21,23)(H,22,26)(H,24,25). The monoisotopic (exact) mass is 351 g/mol. The van der Waals surface area contributed by atoms with E-state index < -0.39 is 5.97 Å². The summed E-state index contributed by atoms with van der Waals surface area (Å²) in [5.74, 6) is -1.10. The zero-order valence-corrected chi connectivity index (χ0v) is 14.5. The van der Waals surface area contributed by atoms with Gasteiger partial charge in [0, 0.05) is 17.8 Å². The van der Waals surface area contributed by atoms with Crippen LogP contribution in [-0.2, 0) is 11.2 Å². The van der Waals surface area contributed by atoms with Gasteiger partial charge in [0.15, 0.2) is 0 Å². The van der Waals surface area contributed by atoms with Crippen molar-refractivity contribution in [3.63, 3.8) is 0 Å². The average molecular weight is 351 g/mol. The van der Waals surface area contributed by atoms with Crippen LogP contribution in [0.1, 0.15) is 34.3 Å². The highest BCUT2D eigenvalue weighted by Gasteiger charge is 2.18. The van der Waals surface area contributed by atoms with Gasteiger partial charge in [0.1, 0.15) is 0 Å². The minimum Gasteiger partial charge on any atom is -0.481 e. The smallest absolute Gasteiger partial charge is 0.303 e. The molecule has 134 valence electrons. The molecule has 3 aromatic rings. The quantitative estimate of drug-likeness (QED) is 0.609. The zero-order valence-electron chi connectivity index (χ0n) is 14.5. The number of carboxylic acid groups (broad SMARTS) is 1. The van der Waals surface area contributed by atoms with E-state index in [2.05, 4.69) is 15.5 Å². The first-order valence-corrected chi connectivity index (χ1v) is 8.53. The van der Waals surface area contributed by atoms with Crippen molar-refractivity contribution in [3.05, 3.63) is 65.4 Å². The summed E-state index contributed by atoms with van der Waals surface area (Å²) in [5, 5.41) is 19.7. The van der Waals surface area contributed by atoms with Gasteiger partial charge in [0.05, 0.1) is 17.3 Å². The predicted octanol–water partition coefficient (Wildman–Crippen LogP) is 3.08. The highest BCUT2D eigenvalue weighted by atomic mass is 16.4. The first kappa shape index (κ1) is 17.7. The molecule has 1 atom stereocenters. The molecule has 0 saturated carbocycles. The van der Waals surface area contributed by atoms with Crippen LogP contribution in [0, 0.1) is 6.92 Å². The number of amides is 1. The van der Waals surface area contributed by atoms with Gasteiger partial charge < -0.3 is 10.4 Å². The van der Waals surface area contributed by atoms with E-state index in [9.17, 15) is 9.59 Å². The number of hydrogen-bond donors (Lipinski definition) is 3. The van der Waals surface area contributed by atoms with Gasteiger partial charge in [-0.15, -0.1) is 0 Å². The second-order valence-electron chi connectivity index (χ2n) is 6.44. The average Bonchev–Trinajstić information content (AvgIpc) is 3.08. The maximum Gasteiger partial charge on any atom is 0.303 e. The fraction of sp³-hybridized carbons (Fsp3) is 0.250. The number of hydrogen-bond acceptors (Lipinski definition) is 3. The molecule has 26 heavy (non-hydrogen) atoms. The van der Waals surface area contributed by atoms with E-state index in [1.54, 1.807) is 6.20 Å². The first-order valence-electron chi connectivity index (χ1n) is 8.53. The minimum absolute atomic E-state index is 0.00503. The fourth-order valence-corrected chi connectivity index (χ4v) is 3.07. The third kappa shape index (κ3) is 4.27. The maximum absolute atomic E-state index is 12.8. The Morgan fingerprint density at radius 3 is 2.73 bits per heavy atom. The van der Waals surface area contributed by atoms with E-state index in [0.717, 1.165) is 16.5 Å². The molecule has 1 unspecified atom stereocenters. The molecule has 0 spiro atoms. The molecule has 0 aliphatic rings. The number of carbonyl (C=O) groups is 2. The Bertz CT molecular complexity index is 918. The first-order chi connectivity index (χ1) is 12.5. The van der Waals surface area contributed by atoms with Gasteiger partial charge in [-0.1, -0.05) is 30.3 Å². The molecule has 0 aliphatic heterocycles. The Morgan fingerprint density at radius 1 is 1.23 bits per heavy atom. The number of fused-ring (bicyclic) bond motifs is 1. The molecular formula is C20H21N3O3. The summed E-state index contributed by atoms with van der Waals surface area (Å²) < 4.78 is 0. The molecule has 0 aliphatic carbocycles. The molecule has 0 saturated heterocycles. The Labute approximate surface area is 151 Å². The Kier molecular flexibility index (Phi) is 5.31. The predicted molar refractivity (Wildman–Crippen MR) is 99.1 cm³/mol. The van der Waals surface area contributed by atoms with E-state index >= 15 is 0 Å². The molecule has 6 nitrogen and oxygen atoms in total. The molecule has 3 N–H and O–H groups in total. The van der Waals surface area contributed by atoms with Crippen molar-refractivity contribution in [2.24, 2.45) is 0 Å². The zero-order chi connectivity index (χ0) is 18.5. The van der Waals surface area contributed by atoms with Crippen LogP contribution < -0.4 is 5.32 Å². The van der Waals surface area contributed by atoms with Gasteiger partial charge >= 0.3 is 5.97 Å². The summed E-state index contributed by atoms with van der Waals surface area (Å²) >= 11 is 0. The number of aliphatic carboxylic acids is 1. The van der Waals surface area contributed by atoms with Crippen molar-refractivity contribution in [3.8, 4) is 0 Å². The van der Waals surface area contributed by atoms with Crippen molar-refractivity contribution in [2.75, 3.05) is 0 Å². The lowest BCUT2D eigenvalue weighted by molar-refractivity contribution is -0.137. The summed E-state index contributed by atoms with van der Waals surface area (Å²) in [6.07, 6.45) is 2.64. The van der Waals surface area contributed by atoms with E-state index in [-0.39, 0.29) is 18.4 Å². The van der Waals surface area contributed by atoms with Crippen molar-refractivity contribution in [1.29, 1.82) is 0 Å². The maximum atomic E-state index is 12.8. The van der Waals surface area contributed by atoms with Crippen LogP contribution in [0.2, 0.25) is 0 Å². The lowest BCUT2D eigenvalue weighted by Gasteiger charge is -2.19. The van der Waals surface area contributed by atoms with Crippen LogP contribution in [0.25, 0.3) is 10.9 Å². The van der Waals surface area contributed by atoms with Crippen LogP contribution >= 0.6 is 0 Å². The third-order valence-electron chi connectivity index (χ3n) is 4.30. The molecule has 1 amide bonds. The van der Waals surface area contributed by atoms with Crippen LogP contribution in [-0.4, -0.2) is 33.2 Å². The van der Waals surface area contributed by atoms with Gasteiger partial charge in [0.25, 0.3) is 5.91 Å². The number of aromatic amines is 1. The van der Waals surface area contributed by atoms with Gasteiger partial charge in [0.2, 0.25) is 0 Å². The topological polar surface area (TPSA) is 95.1 Å². The van der Waals surface area contributed by atoms with Gasteiger partial charge in [-0.05, 0) is 43.0 Å². The molecule has 1 heterocycles. The largest absolute Gasteiger partial charge is 0.481 e. The summed E-state index contributed by atoms with van der Waals surface area (Å²) in [5.41, 5.74) is 3.23. The Hall–Kier alpha value is -3.15. The van der Waals surface area contributed by atoms with Crippen molar-refractivity contribution < 1.29 is 14.7 Å². The highest BCUT2D eigenvalue weighted by Crippen LogP contribution is 2.19. The molecule has 6 heteroatoms. The number of aromatic nitrogens is 2. The number of aryl methyl sites for hydroxylation is 1. The summed E-state index contributed by atoms with van der Waals surface area (Å²) in [6.45, 7) is 1.93. The van der Waals surface area contributed by atoms with E-state index in [1.165, 1.54) is 0 Å². The number of carboxylic acids is 1. The van der Waals surface area contributed by atoms with Crippen molar-refractivity contribution >= 4 is 22.8 Å². The minimum atomic E-state index is -0.871. The van der Waals surface area contributed by atoms with Crippen molar-refractivity contribution in [1.82, 2.24) is 15.5 Å². The second kappa shape index (κ2) is 7.82. The summed E-state index contributed by atoms with van der Waals surface area (Å²) in [7, 11) is 0. The van der Waals surface area contributed by atoms with Crippen LogP contribution in [0.3, 0.4) is 0 Å². The van der Waals surface area contributed by atoms with Crippen LogP contribution in [0.15, 0.2) is 48.7 Å². The highest BCUT2D eigenvalue weighted by molar-refractivity contribution is 6.05. The normalized spacial score (nSPS) is 12.0. The number of nitrogens with one attached hydrogen (secondary N) is 2. The van der Waals surface area contributed by atoms with Gasteiger partial charge in [-0.2, -0.15) is 5.10 Å². The molecular weight excluding hydrogens is 330 g/mol. The molecule has 1 aromatic heterocycles. The molecule has 0 bridgehead atoms. The van der Waals surface area contributed by atoms with Crippen LogP contribution in [0.4, 0.5) is 0 Å². The van der Waals surface area contributed by atoms with Gasteiger partial charge in [-0.3, -0.25) is 14.7 Å². The number of carbonyl (C=O) groups excluding carboxylic acids is 1. The van der Waals surface area contributed by atoms with Crippen molar-refractivity contribution in [2.45, 2.75) is 32.2 Å². The van der Waals surface area contributed by atoms with E-state index in [4.69, 9.17) is 5.11 Å². The summed E-state index contributed by atoms with van der Waals surface area (Å²) in [4.78, 5) is 23.8. The number of nitrogens with zero attached hydrogens (tertiary/aromatic N) is 1. The number of rotatable bonds is 7.